The first-order chi connectivity index (χ1) is 7.18. The molecule has 6 heteroatoms. The zero-order chi connectivity index (χ0) is 11.6. The normalized spacial score (nSPS) is 11.3. The van der Waals surface area contributed by atoms with Crippen LogP contribution in [0.5, 0.6) is 0 Å². The van der Waals surface area contributed by atoms with Crippen LogP contribution in [0.1, 0.15) is 20.3 Å². The monoisotopic (exact) mass is 295 g/mol. The molecule has 0 N–H and O–H groups in total. The summed E-state index contributed by atoms with van der Waals surface area (Å²) in [7, 11) is -2.21. The standard InChI is InChI=1S/C9H18BrNO3Si/c1-3-13-15(10,14-4-2)9-8-12-7-5-6-11/h3-5,7-9H2,1-2H3. The van der Waals surface area contributed by atoms with Crippen molar-refractivity contribution in [2.45, 2.75) is 26.3 Å². The van der Waals surface area contributed by atoms with Gasteiger partial charge in [0.15, 0.2) is 0 Å². The molecule has 0 amide bonds. The van der Waals surface area contributed by atoms with Crippen molar-refractivity contribution >= 4 is 22.5 Å². The lowest BCUT2D eigenvalue weighted by Crippen LogP contribution is -2.36. The van der Waals surface area contributed by atoms with Gasteiger partial charge in [-0.25, -0.2) is 0 Å². The highest BCUT2D eigenvalue weighted by Gasteiger charge is 2.33. The predicted molar refractivity (Wildman–Crippen MR) is 63.8 cm³/mol. The van der Waals surface area contributed by atoms with E-state index >= 15 is 0 Å². The summed E-state index contributed by atoms with van der Waals surface area (Å²) in [6.45, 7) is 6.20. The molecule has 0 spiro atoms. The van der Waals surface area contributed by atoms with Gasteiger partial charge in [0, 0.05) is 25.9 Å². The van der Waals surface area contributed by atoms with Crippen LogP contribution in [0.2, 0.25) is 6.04 Å². The third kappa shape index (κ3) is 7.93. The summed E-state index contributed by atoms with van der Waals surface area (Å²) in [5, 5.41) is 8.31. The van der Waals surface area contributed by atoms with Crippen LogP contribution in [0, 0.1) is 11.3 Å². The second-order valence-corrected chi connectivity index (χ2v) is 8.82. The molecule has 0 heterocycles. The first-order valence-corrected chi connectivity index (χ1v) is 9.38. The van der Waals surface area contributed by atoms with E-state index in [2.05, 4.69) is 15.3 Å². The first kappa shape index (κ1) is 15.1. The number of rotatable bonds is 9. The van der Waals surface area contributed by atoms with Gasteiger partial charge in [0.1, 0.15) is 0 Å². The van der Waals surface area contributed by atoms with Crippen LogP contribution in [-0.4, -0.2) is 33.6 Å². The van der Waals surface area contributed by atoms with E-state index in [1.165, 1.54) is 0 Å². The highest BCUT2D eigenvalue weighted by Crippen LogP contribution is 2.21. The number of hydrogen-bond donors (Lipinski definition) is 0. The average Bonchev–Trinajstić information content (AvgIpc) is 2.18. The zero-order valence-corrected chi connectivity index (χ0v) is 11.9. The van der Waals surface area contributed by atoms with Crippen molar-refractivity contribution in [2.24, 2.45) is 0 Å². The van der Waals surface area contributed by atoms with Crippen molar-refractivity contribution in [1.29, 1.82) is 5.26 Å². The van der Waals surface area contributed by atoms with Gasteiger partial charge in [0.2, 0.25) is 0 Å². The van der Waals surface area contributed by atoms with E-state index < -0.39 is 7.18 Å². The van der Waals surface area contributed by atoms with Crippen molar-refractivity contribution in [2.75, 3.05) is 26.4 Å². The summed E-state index contributed by atoms with van der Waals surface area (Å²) < 4.78 is 16.4. The molecule has 15 heavy (non-hydrogen) atoms. The highest BCUT2D eigenvalue weighted by molar-refractivity contribution is 9.25. The van der Waals surface area contributed by atoms with Crippen LogP contribution in [0.3, 0.4) is 0 Å². The van der Waals surface area contributed by atoms with Crippen molar-refractivity contribution in [3.63, 3.8) is 0 Å². The minimum absolute atomic E-state index is 0.431. The van der Waals surface area contributed by atoms with E-state index in [-0.39, 0.29) is 0 Å². The Morgan fingerprint density at radius 2 is 1.80 bits per heavy atom. The van der Waals surface area contributed by atoms with Gasteiger partial charge in [-0.3, -0.25) is 0 Å². The number of hydrogen-bond acceptors (Lipinski definition) is 4. The molecule has 0 fully saturated rings. The van der Waals surface area contributed by atoms with E-state index in [0.29, 0.717) is 32.8 Å². The topological polar surface area (TPSA) is 51.5 Å². The molecule has 0 radical (unpaired) electrons. The Hall–Kier alpha value is 0.0669. The average molecular weight is 296 g/mol. The van der Waals surface area contributed by atoms with Crippen molar-refractivity contribution in [3.8, 4) is 6.07 Å². The van der Waals surface area contributed by atoms with Gasteiger partial charge >= 0.3 is 7.18 Å². The smallest absolute Gasteiger partial charge is 0.387 e. The molecule has 0 saturated heterocycles. The summed E-state index contributed by atoms with van der Waals surface area (Å²) >= 11 is 3.52. The molecule has 0 bridgehead atoms. The first-order valence-electron chi connectivity index (χ1n) is 5.10. The molecule has 0 aliphatic heterocycles. The Bertz CT molecular complexity index is 192. The second kappa shape index (κ2) is 9.30. The van der Waals surface area contributed by atoms with Crippen LogP contribution < -0.4 is 0 Å². The zero-order valence-electron chi connectivity index (χ0n) is 9.29. The second-order valence-electron chi connectivity index (χ2n) is 2.80. The summed E-state index contributed by atoms with van der Waals surface area (Å²) in [5.41, 5.74) is 0. The fraction of sp³-hybridized carbons (Fsp3) is 0.889. The maximum Gasteiger partial charge on any atom is 0.416 e. The molecule has 88 valence electrons. The molecule has 0 unspecified atom stereocenters. The summed E-state index contributed by atoms with van der Waals surface area (Å²) in [6.07, 6.45) is 0.431. The lowest BCUT2D eigenvalue weighted by Gasteiger charge is -2.23. The lowest BCUT2D eigenvalue weighted by molar-refractivity contribution is 0.137. The molecular weight excluding hydrogens is 278 g/mol. The molecule has 0 aliphatic rings. The van der Waals surface area contributed by atoms with Crippen LogP contribution in [0.15, 0.2) is 0 Å². The minimum atomic E-state index is -2.21. The molecule has 4 nitrogen and oxygen atoms in total. The highest BCUT2D eigenvalue weighted by atomic mass is 79.9. The summed E-state index contributed by atoms with van der Waals surface area (Å²) in [4.78, 5) is 0. The van der Waals surface area contributed by atoms with Crippen LogP contribution in [0.25, 0.3) is 0 Å². The minimum Gasteiger partial charge on any atom is -0.387 e. The number of nitriles is 1. The molecule has 0 atom stereocenters. The van der Waals surface area contributed by atoms with Crippen LogP contribution in [0.4, 0.5) is 0 Å². The van der Waals surface area contributed by atoms with Crippen LogP contribution in [-0.2, 0) is 13.6 Å². The van der Waals surface area contributed by atoms with E-state index in [9.17, 15) is 0 Å². The van der Waals surface area contributed by atoms with Crippen LogP contribution >= 0.6 is 15.3 Å². The lowest BCUT2D eigenvalue weighted by atomic mass is 10.5. The van der Waals surface area contributed by atoms with Gasteiger partial charge in [-0.05, 0) is 13.8 Å². The molecule has 0 aromatic carbocycles. The largest absolute Gasteiger partial charge is 0.416 e. The van der Waals surface area contributed by atoms with Gasteiger partial charge in [-0.1, -0.05) is 15.3 Å². The number of nitrogens with zero attached hydrogens (tertiary/aromatic N) is 1. The van der Waals surface area contributed by atoms with Gasteiger partial charge in [0.05, 0.1) is 19.1 Å². The molecule has 0 aromatic heterocycles. The Morgan fingerprint density at radius 1 is 1.20 bits per heavy atom. The predicted octanol–water partition coefficient (Wildman–Crippen LogP) is 2.32. The van der Waals surface area contributed by atoms with Gasteiger partial charge in [0.25, 0.3) is 0 Å². The number of halogens is 1. The van der Waals surface area contributed by atoms with E-state index in [1.807, 2.05) is 19.9 Å². The van der Waals surface area contributed by atoms with Gasteiger partial charge in [-0.2, -0.15) is 5.26 Å². The van der Waals surface area contributed by atoms with E-state index in [0.717, 1.165) is 6.04 Å². The Morgan fingerprint density at radius 3 is 2.27 bits per heavy atom. The maximum atomic E-state index is 8.31. The molecule has 0 aliphatic carbocycles. The van der Waals surface area contributed by atoms with Gasteiger partial charge in [-0.15, -0.1) is 0 Å². The SMILES string of the molecule is CCO[Si](Br)(CCOCCC#N)OCC. The summed E-state index contributed by atoms with van der Waals surface area (Å²) in [6, 6.07) is 2.76. The molecule has 0 saturated carbocycles. The third-order valence-corrected chi connectivity index (χ3v) is 6.43. The Balaban J connectivity index is 3.71. The van der Waals surface area contributed by atoms with E-state index in [4.69, 9.17) is 18.9 Å². The third-order valence-electron chi connectivity index (χ3n) is 1.62. The number of ether oxygens (including phenoxy) is 1. The molecule has 0 aromatic rings. The van der Waals surface area contributed by atoms with Crippen molar-refractivity contribution in [3.05, 3.63) is 0 Å². The van der Waals surface area contributed by atoms with E-state index in [1.54, 1.807) is 0 Å². The molecule has 0 rings (SSSR count). The molecular formula is C9H18BrNO3Si. The summed E-state index contributed by atoms with van der Waals surface area (Å²) in [5.74, 6) is 0. The quantitative estimate of drug-likeness (QED) is 0.372. The van der Waals surface area contributed by atoms with Crippen molar-refractivity contribution < 1.29 is 13.6 Å². The van der Waals surface area contributed by atoms with Crippen molar-refractivity contribution in [1.82, 2.24) is 0 Å². The maximum absolute atomic E-state index is 8.31. The Kier molecular flexibility index (Phi) is 9.35. The van der Waals surface area contributed by atoms with Gasteiger partial charge < -0.3 is 13.6 Å². The fourth-order valence-corrected chi connectivity index (χ4v) is 4.51. The Labute approximate surface area is 100 Å². The fourth-order valence-electron chi connectivity index (χ4n) is 1.03.